The van der Waals surface area contributed by atoms with Gasteiger partial charge in [-0.05, 0) is 18.9 Å². The highest BCUT2D eigenvalue weighted by Crippen LogP contribution is 2.38. The first-order valence-corrected chi connectivity index (χ1v) is 10.1. The molecule has 2 aromatic heterocycles. The van der Waals surface area contributed by atoms with Crippen LogP contribution in [-0.2, 0) is 9.53 Å². The van der Waals surface area contributed by atoms with E-state index in [4.69, 9.17) is 4.74 Å². The molecule has 0 aliphatic carbocycles. The number of thiophene rings is 1. The van der Waals surface area contributed by atoms with Gasteiger partial charge in [0, 0.05) is 10.9 Å². The third-order valence-electron chi connectivity index (χ3n) is 3.78. The van der Waals surface area contributed by atoms with Gasteiger partial charge in [0.05, 0.1) is 12.0 Å². The summed E-state index contributed by atoms with van der Waals surface area (Å²) in [5.74, 6) is -0.193. The fourth-order valence-electron chi connectivity index (χ4n) is 2.42. The monoisotopic (exact) mass is 372 g/mol. The summed E-state index contributed by atoms with van der Waals surface area (Å²) < 4.78 is 5.32. The number of rotatable bonds is 7. The van der Waals surface area contributed by atoms with E-state index < -0.39 is 0 Å². The van der Waals surface area contributed by atoms with E-state index in [-0.39, 0.29) is 11.2 Å². The lowest BCUT2D eigenvalue weighted by molar-refractivity contribution is -0.142. The van der Waals surface area contributed by atoms with E-state index in [9.17, 15) is 4.79 Å². The lowest BCUT2D eigenvalue weighted by Crippen LogP contribution is -2.17. The smallest absolute Gasteiger partial charge is 0.319 e. The SMILES string of the molecule is CCCCOC(=O)C(C)Sc1ncnc2scc(-c3ccccc3)c12. The van der Waals surface area contributed by atoms with Gasteiger partial charge in [0.15, 0.2) is 0 Å². The Balaban J connectivity index is 1.87. The van der Waals surface area contributed by atoms with Crippen molar-refractivity contribution in [2.24, 2.45) is 0 Å². The van der Waals surface area contributed by atoms with Crippen LogP contribution in [0, 0.1) is 0 Å². The van der Waals surface area contributed by atoms with Crippen molar-refractivity contribution in [2.45, 2.75) is 37.0 Å². The maximum Gasteiger partial charge on any atom is 0.319 e. The topological polar surface area (TPSA) is 52.1 Å². The summed E-state index contributed by atoms with van der Waals surface area (Å²) in [6.45, 7) is 4.42. The average molecular weight is 373 g/mol. The van der Waals surface area contributed by atoms with Crippen LogP contribution < -0.4 is 0 Å². The second-order valence-corrected chi connectivity index (χ2v) is 7.84. The highest BCUT2D eigenvalue weighted by molar-refractivity contribution is 8.00. The Morgan fingerprint density at radius 1 is 1.28 bits per heavy atom. The van der Waals surface area contributed by atoms with E-state index in [1.54, 1.807) is 17.7 Å². The molecule has 0 aliphatic rings. The van der Waals surface area contributed by atoms with Crippen molar-refractivity contribution in [3.8, 4) is 11.1 Å². The average Bonchev–Trinajstić information content (AvgIpc) is 3.07. The lowest BCUT2D eigenvalue weighted by Gasteiger charge is -2.11. The summed E-state index contributed by atoms with van der Waals surface area (Å²) in [7, 11) is 0. The van der Waals surface area contributed by atoms with Crippen LogP contribution in [0.2, 0.25) is 0 Å². The van der Waals surface area contributed by atoms with E-state index in [1.807, 2.05) is 25.1 Å². The fraction of sp³-hybridized carbons (Fsp3) is 0.316. The summed E-state index contributed by atoms with van der Waals surface area (Å²) in [6, 6.07) is 10.2. The van der Waals surface area contributed by atoms with Crippen molar-refractivity contribution in [1.29, 1.82) is 0 Å². The Kier molecular flexibility index (Phi) is 6.04. The number of benzene rings is 1. The molecular weight excluding hydrogens is 352 g/mol. The van der Waals surface area contributed by atoms with Gasteiger partial charge in [-0.2, -0.15) is 0 Å². The number of aromatic nitrogens is 2. The zero-order valence-corrected chi connectivity index (χ0v) is 15.9. The number of hydrogen-bond acceptors (Lipinski definition) is 6. The second kappa shape index (κ2) is 8.45. The van der Waals surface area contributed by atoms with E-state index in [1.165, 1.54) is 11.8 Å². The van der Waals surface area contributed by atoms with Gasteiger partial charge in [-0.1, -0.05) is 55.4 Å². The molecule has 3 aromatic rings. The van der Waals surface area contributed by atoms with Crippen LogP contribution in [0.25, 0.3) is 21.3 Å². The van der Waals surface area contributed by atoms with Crippen LogP contribution >= 0.6 is 23.1 Å². The lowest BCUT2D eigenvalue weighted by atomic mass is 10.1. The molecule has 2 heterocycles. The molecule has 0 saturated carbocycles. The molecule has 0 bridgehead atoms. The summed E-state index contributed by atoms with van der Waals surface area (Å²) in [5.41, 5.74) is 2.24. The Morgan fingerprint density at radius 3 is 2.84 bits per heavy atom. The molecule has 1 aromatic carbocycles. The van der Waals surface area contributed by atoms with E-state index in [2.05, 4.69) is 34.4 Å². The first-order valence-electron chi connectivity index (χ1n) is 8.31. The molecule has 6 heteroatoms. The molecule has 130 valence electrons. The van der Waals surface area contributed by atoms with Crippen molar-refractivity contribution < 1.29 is 9.53 Å². The summed E-state index contributed by atoms with van der Waals surface area (Å²) in [4.78, 5) is 21.9. The molecular formula is C19H20N2O2S2. The summed E-state index contributed by atoms with van der Waals surface area (Å²) in [5, 5.41) is 3.63. The number of esters is 1. The van der Waals surface area contributed by atoms with Crippen LogP contribution in [0.3, 0.4) is 0 Å². The van der Waals surface area contributed by atoms with Crippen molar-refractivity contribution >= 4 is 39.3 Å². The van der Waals surface area contributed by atoms with Gasteiger partial charge in [-0.15, -0.1) is 11.3 Å². The van der Waals surface area contributed by atoms with E-state index >= 15 is 0 Å². The molecule has 0 spiro atoms. The van der Waals surface area contributed by atoms with Crippen molar-refractivity contribution in [3.05, 3.63) is 42.0 Å². The van der Waals surface area contributed by atoms with E-state index in [0.717, 1.165) is 39.2 Å². The minimum Gasteiger partial charge on any atom is -0.465 e. The normalized spacial score (nSPS) is 12.2. The van der Waals surface area contributed by atoms with Gasteiger partial charge < -0.3 is 4.74 Å². The highest BCUT2D eigenvalue weighted by Gasteiger charge is 2.20. The molecule has 1 unspecified atom stereocenters. The maximum atomic E-state index is 12.2. The molecule has 0 fully saturated rings. The van der Waals surface area contributed by atoms with Gasteiger partial charge in [0.2, 0.25) is 0 Å². The molecule has 4 nitrogen and oxygen atoms in total. The van der Waals surface area contributed by atoms with Crippen LogP contribution in [0.4, 0.5) is 0 Å². The Bertz CT molecular complexity index is 849. The second-order valence-electron chi connectivity index (χ2n) is 5.66. The van der Waals surface area contributed by atoms with Crippen LogP contribution in [0.1, 0.15) is 26.7 Å². The zero-order valence-electron chi connectivity index (χ0n) is 14.3. The molecule has 0 aliphatic heterocycles. The Labute approximate surface area is 155 Å². The number of carbonyl (C=O) groups excluding carboxylic acids is 1. The molecule has 0 radical (unpaired) electrons. The van der Waals surface area contributed by atoms with Gasteiger partial charge in [-0.25, -0.2) is 9.97 Å². The Hall–Kier alpha value is -1.92. The number of hydrogen-bond donors (Lipinski definition) is 0. The highest BCUT2D eigenvalue weighted by atomic mass is 32.2. The first-order chi connectivity index (χ1) is 12.2. The predicted molar refractivity (Wildman–Crippen MR) is 104 cm³/mol. The number of nitrogens with zero attached hydrogens (tertiary/aromatic N) is 2. The summed E-state index contributed by atoms with van der Waals surface area (Å²) >= 11 is 3.03. The van der Waals surface area contributed by atoms with Crippen molar-refractivity contribution in [1.82, 2.24) is 9.97 Å². The zero-order chi connectivity index (χ0) is 17.6. The van der Waals surface area contributed by atoms with Crippen molar-refractivity contribution in [3.63, 3.8) is 0 Å². The van der Waals surface area contributed by atoms with Gasteiger partial charge in [0.1, 0.15) is 21.4 Å². The van der Waals surface area contributed by atoms with E-state index in [0.29, 0.717) is 6.61 Å². The number of fused-ring (bicyclic) bond motifs is 1. The van der Waals surface area contributed by atoms with Crippen LogP contribution in [-0.4, -0.2) is 27.8 Å². The Morgan fingerprint density at radius 2 is 2.08 bits per heavy atom. The fourth-order valence-corrected chi connectivity index (χ4v) is 4.33. The minimum atomic E-state index is -0.307. The third-order valence-corrected chi connectivity index (χ3v) is 5.75. The maximum absolute atomic E-state index is 12.2. The quantitative estimate of drug-likeness (QED) is 0.247. The molecule has 0 N–H and O–H groups in total. The minimum absolute atomic E-state index is 0.193. The van der Waals surface area contributed by atoms with Gasteiger partial charge >= 0.3 is 5.97 Å². The molecule has 0 saturated heterocycles. The standard InChI is InChI=1S/C19H20N2O2S2/c1-3-4-10-23-19(22)13(2)25-18-16-15(14-8-6-5-7-9-14)11-24-17(16)20-12-21-18/h5-9,11-13H,3-4,10H2,1-2H3. The number of ether oxygens (including phenoxy) is 1. The van der Waals surface area contributed by atoms with Gasteiger partial charge in [0.25, 0.3) is 0 Å². The number of unbranched alkanes of at least 4 members (excludes halogenated alkanes) is 1. The van der Waals surface area contributed by atoms with Crippen LogP contribution in [0.5, 0.6) is 0 Å². The molecule has 3 rings (SSSR count). The number of thioether (sulfide) groups is 1. The van der Waals surface area contributed by atoms with Gasteiger partial charge in [-0.3, -0.25) is 4.79 Å². The molecule has 0 amide bonds. The number of carbonyl (C=O) groups is 1. The van der Waals surface area contributed by atoms with Crippen LogP contribution in [0.15, 0.2) is 47.1 Å². The van der Waals surface area contributed by atoms with Crippen molar-refractivity contribution in [2.75, 3.05) is 6.61 Å². The predicted octanol–water partition coefficient (Wildman–Crippen LogP) is 5.18. The molecule has 1 atom stereocenters. The summed E-state index contributed by atoms with van der Waals surface area (Å²) in [6.07, 6.45) is 3.46. The first kappa shape index (κ1) is 17.9. The molecule has 25 heavy (non-hydrogen) atoms. The largest absolute Gasteiger partial charge is 0.465 e. The third kappa shape index (κ3) is 4.19.